The zero-order valence-corrected chi connectivity index (χ0v) is 19.6. The highest BCUT2D eigenvalue weighted by molar-refractivity contribution is 8.01. The second kappa shape index (κ2) is 11.1. The van der Waals surface area contributed by atoms with Crippen LogP contribution in [-0.2, 0) is 11.2 Å². The fourth-order valence-corrected chi connectivity index (χ4v) is 5.28. The van der Waals surface area contributed by atoms with Crippen molar-refractivity contribution in [1.29, 1.82) is 0 Å². The van der Waals surface area contributed by atoms with E-state index in [4.69, 9.17) is 0 Å². The van der Waals surface area contributed by atoms with E-state index in [1.54, 1.807) is 23.1 Å². The summed E-state index contributed by atoms with van der Waals surface area (Å²) in [6.07, 6.45) is 0.902. The molecular weight excluding hydrogens is 460 g/mol. The number of amides is 1. The second-order valence-electron chi connectivity index (χ2n) is 7.44. The van der Waals surface area contributed by atoms with Crippen molar-refractivity contribution >= 4 is 45.5 Å². The molecule has 1 N–H and O–H groups in total. The largest absolute Gasteiger partial charge is 0.362 e. The van der Waals surface area contributed by atoms with E-state index < -0.39 is 0 Å². The van der Waals surface area contributed by atoms with Gasteiger partial charge in [0.1, 0.15) is 5.69 Å². The average Bonchev–Trinajstić information content (AvgIpc) is 3.31. The van der Waals surface area contributed by atoms with Crippen LogP contribution >= 0.6 is 23.1 Å². The highest BCUT2D eigenvalue weighted by Gasteiger charge is 2.25. The van der Waals surface area contributed by atoms with Crippen LogP contribution in [0.2, 0.25) is 0 Å². The first kappa shape index (κ1) is 23.0. The second-order valence-corrected chi connectivity index (χ2v) is 9.64. The number of nitro groups is 1. The summed E-state index contributed by atoms with van der Waals surface area (Å²) in [5.74, 6) is 0.334. The normalized spacial score (nSPS) is 13.7. The Bertz CT molecular complexity index is 1090. The van der Waals surface area contributed by atoms with Gasteiger partial charge in [-0.25, -0.2) is 0 Å². The van der Waals surface area contributed by atoms with Gasteiger partial charge in [0.15, 0.2) is 4.34 Å². The number of hydrogen-bond donors (Lipinski definition) is 1. The lowest BCUT2D eigenvalue weighted by Crippen LogP contribution is -2.49. The van der Waals surface area contributed by atoms with Crippen molar-refractivity contribution in [3.05, 3.63) is 70.3 Å². The van der Waals surface area contributed by atoms with Crippen LogP contribution < -0.4 is 10.2 Å². The third kappa shape index (κ3) is 6.20. The summed E-state index contributed by atoms with van der Waals surface area (Å²) < 4.78 is 0.754. The standard InChI is InChI=1S/C22H24N6O3S2/c29-20(27-14-12-26(13-15-27)18-8-4-5-9-19(18)28(30)31)16-32-22-25-24-21(33-22)23-11-10-17-6-2-1-3-7-17/h1-9H,10-16H2,(H,23,24). The average molecular weight is 485 g/mol. The number of anilines is 2. The summed E-state index contributed by atoms with van der Waals surface area (Å²) >= 11 is 2.83. The highest BCUT2D eigenvalue weighted by atomic mass is 32.2. The molecule has 0 radical (unpaired) electrons. The summed E-state index contributed by atoms with van der Waals surface area (Å²) in [4.78, 5) is 27.3. The number of benzene rings is 2. The molecule has 0 atom stereocenters. The molecule has 0 saturated carbocycles. The molecule has 1 saturated heterocycles. The molecule has 1 fully saturated rings. The molecule has 1 aliphatic heterocycles. The fraction of sp³-hybridized carbons (Fsp3) is 0.318. The molecule has 33 heavy (non-hydrogen) atoms. The molecule has 2 heterocycles. The molecule has 0 unspecified atom stereocenters. The van der Waals surface area contributed by atoms with Gasteiger partial charge in [-0.05, 0) is 18.1 Å². The molecule has 0 bridgehead atoms. The smallest absolute Gasteiger partial charge is 0.292 e. The highest BCUT2D eigenvalue weighted by Crippen LogP contribution is 2.29. The van der Waals surface area contributed by atoms with Gasteiger partial charge in [-0.3, -0.25) is 14.9 Å². The Morgan fingerprint density at radius 1 is 1.06 bits per heavy atom. The van der Waals surface area contributed by atoms with Crippen molar-refractivity contribution in [2.75, 3.05) is 48.7 Å². The number of piperazine rings is 1. The zero-order valence-electron chi connectivity index (χ0n) is 17.9. The van der Waals surface area contributed by atoms with Gasteiger partial charge >= 0.3 is 0 Å². The Hall–Kier alpha value is -3.18. The van der Waals surface area contributed by atoms with Crippen LogP contribution in [0, 0.1) is 10.1 Å². The van der Waals surface area contributed by atoms with E-state index in [0.29, 0.717) is 37.6 Å². The van der Waals surface area contributed by atoms with Gasteiger partial charge in [-0.1, -0.05) is 65.6 Å². The maximum atomic E-state index is 12.6. The quantitative estimate of drug-likeness (QED) is 0.279. The Kier molecular flexibility index (Phi) is 7.74. The first-order valence-electron chi connectivity index (χ1n) is 10.6. The van der Waals surface area contributed by atoms with E-state index in [9.17, 15) is 14.9 Å². The van der Waals surface area contributed by atoms with Crippen LogP contribution in [0.3, 0.4) is 0 Å². The fourth-order valence-electron chi connectivity index (χ4n) is 3.60. The summed E-state index contributed by atoms with van der Waals surface area (Å²) in [6.45, 7) is 2.97. The summed E-state index contributed by atoms with van der Waals surface area (Å²) in [5, 5.41) is 23.6. The van der Waals surface area contributed by atoms with Gasteiger partial charge in [0.25, 0.3) is 5.69 Å². The maximum Gasteiger partial charge on any atom is 0.292 e. The molecule has 11 heteroatoms. The molecule has 1 aromatic heterocycles. The summed E-state index contributed by atoms with van der Waals surface area (Å²) in [6, 6.07) is 17.0. The number of carbonyl (C=O) groups excluding carboxylic acids is 1. The molecule has 1 amide bonds. The predicted octanol–water partition coefficient (Wildman–Crippen LogP) is 3.54. The Morgan fingerprint density at radius 3 is 2.55 bits per heavy atom. The van der Waals surface area contributed by atoms with Crippen LogP contribution in [0.5, 0.6) is 0 Å². The van der Waals surface area contributed by atoms with Crippen LogP contribution in [0.1, 0.15) is 5.56 Å². The van der Waals surface area contributed by atoms with Gasteiger partial charge in [0.2, 0.25) is 11.0 Å². The van der Waals surface area contributed by atoms with Gasteiger partial charge in [-0.2, -0.15) is 0 Å². The van der Waals surface area contributed by atoms with Crippen molar-refractivity contribution in [3.8, 4) is 0 Å². The Morgan fingerprint density at radius 2 is 1.79 bits per heavy atom. The first-order valence-corrected chi connectivity index (χ1v) is 12.4. The van der Waals surface area contributed by atoms with Gasteiger partial charge < -0.3 is 15.1 Å². The lowest BCUT2D eigenvalue weighted by molar-refractivity contribution is -0.384. The lowest BCUT2D eigenvalue weighted by Gasteiger charge is -2.35. The van der Waals surface area contributed by atoms with Crippen molar-refractivity contribution in [2.24, 2.45) is 0 Å². The molecule has 9 nitrogen and oxygen atoms in total. The summed E-state index contributed by atoms with van der Waals surface area (Å²) in [7, 11) is 0. The minimum atomic E-state index is -0.365. The number of hydrogen-bond acceptors (Lipinski definition) is 9. The van der Waals surface area contributed by atoms with E-state index in [-0.39, 0.29) is 16.5 Å². The molecule has 4 rings (SSSR count). The minimum absolute atomic E-state index is 0.0380. The molecule has 1 aliphatic rings. The minimum Gasteiger partial charge on any atom is -0.362 e. The zero-order chi connectivity index (χ0) is 23.0. The molecular formula is C22H24N6O3S2. The van der Waals surface area contributed by atoms with Crippen LogP contribution in [0.15, 0.2) is 58.9 Å². The molecule has 172 valence electrons. The number of carbonyl (C=O) groups is 1. The number of nitrogens with zero attached hydrogens (tertiary/aromatic N) is 5. The molecule has 0 aliphatic carbocycles. The van der Waals surface area contributed by atoms with E-state index in [1.807, 2.05) is 23.1 Å². The first-order chi connectivity index (χ1) is 16.1. The van der Waals surface area contributed by atoms with Gasteiger partial charge in [0, 0.05) is 38.8 Å². The maximum absolute atomic E-state index is 12.6. The third-order valence-corrected chi connectivity index (χ3v) is 7.31. The van der Waals surface area contributed by atoms with E-state index in [1.165, 1.54) is 34.7 Å². The van der Waals surface area contributed by atoms with Gasteiger partial charge in [0.05, 0.1) is 10.7 Å². The van der Waals surface area contributed by atoms with E-state index >= 15 is 0 Å². The lowest BCUT2D eigenvalue weighted by atomic mass is 10.2. The molecule has 2 aromatic carbocycles. The monoisotopic (exact) mass is 484 g/mol. The number of nitro benzene ring substituents is 1. The van der Waals surface area contributed by atoms with Crippen molar-refractivity contribution < 1.29 is 9.72 Å². The van der Waals surface area contributed by atoms with Crippen LogP contribution in [0.25, 0.3) is 0 Å². The number of para-hydroxylation sites is 2. The topological polar surface area (TPSA) is 104 Å². The number of rotatable bonds is 9. The SMILES string of the molecule is O=C(CSc1nnc(NCCc2ccccc2)s1)N1CCN(c2ccccc2[N+](=O)[O-])CC1. The van der Waals surface area contributed by atoms with Crippen molar-refractivity contribution in [3.63, 3.8) is 0 Å². The Labute approximate surface area is 200 Å². The van der Waals surface area contributed by atoms with Crippen molar-refractivity contribution in [1.82, 2.24) is 15.1 Å². The van der Waals surface area contributed by atoms with Crippen LogP contribution in [0.4, 0.5) is 16.5 Å². The van der Waals surface area contributed by atoms with Crippen molar-refractivity contribution in [2.45, 2.75) is 10.8 Å². The Balaban J connectivity index is 1.21. The van der Waals surface area contributed by atoms with E-state index in [0.717, 1.165) is 22.4 Å². The third-order valence-electron chi connectivity index (χ3n) is 5.31. The van der Waals surface area contributed by atoms with Gasteiger partial charge in [-0.15, -0.1) is 10.2 Å². The summed E-state index contributed by atoms with van der Waals surface area (Å²) in [5.41, 5.74) is 1.96. The number of aromatic nitrogens is 2. The molecule has 0 spiro atoms. The van der Waals surface area contributed by atoms with E-state index in [2.05, 4.69) is 27.6 Å². The van der Waals surface area contributed by atoms with Crippen LogP contribution in [-0.4, -0.2) is 64.4 Å². The molecule has 3 aromatic rings. The number of nitrogens with one attached hydrogen (secondary N) is 1. The predicted molar refractivity (Wildman–Crippen MR) is 131 cm³/mol. The number of thioether (sulfide) groups is 1.